The first-order valence-corrected chi connectivity index (χ1v) is 5.38. The van der Waals surface area contributed by atoms with Gasteiger partial charge in [0, 0.05) is 24.1 Å². The van der Waals surface area contributed by atoms with Crippen molar-refractivity contribution in [1.82, 2.24) is 4.98 Å². The maximum absolute atomic E-state index is 6.34. The zero-order chi connectivity index (χ0) is 9.31. The molecule has 0 saturated carbocycles. The highest BCUT2D eigenvalue weighted by molar-refractivity contribution is 7.09. The molecule has 3 nitrogen and oxygen atoms in total. The van der Waals surface area contributed by atoms with Gasteiger partial charge >= 0.3 is 0 Å². The number of thiazole rings is 1. The zero-order valence-corrected chi connectivity index (χ0v) is 8.51. The van der Waals surface area contributed by atoms with Crippen LogP contribution in [-0.4, -0.2) is 18.2 Å². The quantitative estimate of drug-likeness (QED) is 0.741. The van der Waals surface area contributed by atoms with E-state index in [0.717, 1.165) is 24.6 Å². The number of nitrogens with two attached hydrogens (primary N) is 1. The maximum Gasteiger partial charge on any atom is 0.113 e. The fraction of sp³-hybridized carbons (Fsp3) is 0.667. The molecule has 2 N–H and O–H groups in total. The van der Waals surface area contributed by atoms with Crippen LogP contribution in [0.1, 0.15) is 18.4 Å². The van der Waals surface area contributed by atoms with Gasteiger partial charge in [0.2, 0.25) is 0 Å². The van der Waals surface area contributed by atoms with Crippen LogP contribution in [0.3, 0.4) is 0 Å². The van der Waals surface area contributed by atoms with E-state index in [-0.39, 0.29) is 5.54 Å². The smallest absolute Gasteiger partial charge is 0.113 e. The van der Waals surface area contributed by atoms with Crippen LogP contribution in [0.5, 0.6) is 0 Å². The molecule has 0 radical (unpaired) electrons. The van der Waals surface area contributed by atoms with Crippen LogP contribution in [0.15, 0.2) is 11.6 Å². The van der Waals surface area contributed by atoms with Crippen LogP contribution in [0.2, 0.25) is 0 Å². The van der Waals surface area contributed by atoms with Crippen LogP contribution in [0.4, 0.5) is 0 Å². The Morgan fingerprint density at radius 1 is 1.77 bits per heavy atom. The molecule has 0 bridgehead atoms. The van der Waals surface area contributed by atoms with Gasteiger partial charge in [-0.05, 0) is 6.42 Å². The molecule has 2 unspecified atom stereocenters. The summed E-state index contributed by atoms with van der Waals surface area (Å²) in [5, 5.41) is 3.02. The second-order valence-corrected chi connectivity index (χ2v) is 4.50. The van der Waals surface area contributed by atoms with Gasteiger partial charge in [-0.1, -0.05) is 6.92 Å². The van der Waals surface area contributed by atoms with E-state index < -0.39 is 0 Å². The first kappa shape index (κ1) is 9.12. The molecule has 13 heavy (non-hydrogen) atoms. The summed E-state index contributed by atoms with van der Waals surface area (Å²) >= 11 is 1.64. The molecule has 0 amide bonds. The number of hydrogen-bond acceptors (Lipinski definition) is 4. The van der Waals surface area contributed by atoms with Crippen molar-refractivity contribution >= 4 is 11.3 Å². The van der Waals surface area contributed by atoms with E-state index >= 15 is 0 Å². The standard InChI is InChI=1S/C9H14N2OS/c1-7-6-12-4-2-9(7,10)8-11-3-5-13-8/h3,5,7H,2,4,6,10H2,1H3. The summed E-state index contributed by atoms with van der Waals surface area (Å²) in [6.45, 7) is 3.62. The third kappa shape index (κ3) is 1.49. The van der Waals surface area contributed by atoms with E-state index in [1.165, 1.54) is 0 Å². The Bertz CT molecular complexity index is 275. The SMILES string of the molecule is CC1COCCC1(N)c1nccs1. The topological polar surface area (TPSA) is 48.1 Å². The Labute approximate surface area is 81.9 Å². The highest BCUT2D eigenvalue weighted by atomic mass is 32.1. The third-order valence-corrected chi connectivity index (χ3v) is 3.70. The summed E-state index contributed by atoms with van der Waals surface area (Å²) in [5.41, 5.74) is 6.08. The molecule has 1 aromatic heterocycles. The summed E-state index contributed by atoms with van der Waals surface area (Å²) in [6, 6.07) is 0. The summed E-state index contributed by atoms with van der Waals surface area (Å²) < 4.78 is 5.37. The van der Waals surface area contributed by atoms with Crippen molar-refractivity contribution in [3.8, 4) is 0 Å². The first-order valence-electron chi connectivity index (χ1n) is 4.50. The Kier molecular flexibility index (Phi) is 2.36. The number of nitrogens with zero attached hydrogens (tertiary/aromatic N) is 1. The molecule has 1 saturated heterocycles. The average Bonchev–Trinajstić information content (AvgIpc) is 2.63. The molecule has 0 aliphatic carbocycles. The Morgan fingerprint density at radius 2 is 2.62 bits per heavy atom. The molecule has 1 aliphatic heterocycles. The highest BCUT2D eigenvalue weighted by Gasteiger charge is 2.38. The molecule has 1 aliphatic rings. The number of rotatable bonds is 1. The molecule has 2 rings (SSSR count). The van der Waals surface area contributed by atoms with Gasteiger partial charge in [-0.15, -0.1) is 11.3 Å². The number of ether oxygens (including phenoxy) is 1. The Hall–Kier alpha value is -0.450. The van der Waals surface area contributed by atoms with Crippen LogP contribution in [0, 0.1) is 5.92 Å². The predicted octanol–water partition coefficient (Wildman–Crippen LogP) is 1.35. The Balaban J connectivity index is 2.27. The monoisotopic (exact) mass is 198 g/mol. The summed E-state index contributed by atoms with van der Waals surface area (Å²) in [4.78, 5) is 4.30. The maximum atomic E-state index is 6.34. The van der Waals surface area contributed by atoms with Gasteiger partial charge in [-0.25, -0.2) is 4.98 Å². The van der Waals surface area contributed by atoms with Crippen LogP contribution in [-0.2, 0) is 10.3 Å². The van der Waals surface area contributed by atoms with E-state index in [1.807, 2.05) is 11.6 Å². The van der Waals surface area contributed by atoms with Gasteiger partial charge in [-0.3, -0.25) is 0 Å². The molecule has 2 atom stereocenters. The van der Waals surface area contributed by atoms with Crippen molar-refractivity contribution < 1.29 is 4.74 Å². The number of hydrogen-bond donors (Lipinski definition) is 1. The van der Waals surface area contributed by atoms with Crippen molar-refractivity contribution in [2.75, 3.05) is 13.2 Å². The fourth-order valence-electron chi connectivity index (χ4n) is 1.67. The van der Waals surface area contributed by atoms with Crippen LogP contribution >= 0.6 is 11.3 Å². The third-order valence-electron chi connectivity index (χ3n) is 2.74. The van der Waals surface area contributed by atoms with E-state index in [9.17, 15) is 0 Å². The van der Waals surface area contributed by atoms with Gasteiger partial charge in [0.15, 0.2) is 0 Å². The first-order chi connectivity index (χ1) is 6.23. The summed E-state index contributed by atoms with van der Waals surface area (Å²) in [5.74, 6) is 0.354. The van der Waals surface area contributed by atoms with Gasteiger partial charge in [-0.2, -0.15) is 0 Å². The Morgan fingerprint density at radius 3 is 3.23 bits per heavy atom. The number of aromatic nitrogens is 1. The molecule has 4 heteroatoms. The molecule has 1 fully saturated rings. The lowest BCUT2D eigenvalue weighted by Gasteiger charge is -2.37. The van der Waals surface area contributed by atoms with Gasteiger partial charge in [0.05, 0.1) is 12.1 Å². The highest BCUT2D eigenvalue weighted by Crippen LogP contribution is 2.34. The second-order valence-electron chi connectivity index (χ2n) is 3.60. The predicted molar refractivity (Wildman–Crippen MR) is 52.6 cm³/mol. The summed E-state index contributed by atoms with van der Waals surface area (Å²) in [6.07, 6.45) is 2.69. The van der Waals surface area contributed by atoms with E-state index in [4.69, 9.17) is 10.5 Å². The van der Waals surface area contributed by atoms with Crippen molar-refractivity contribution in [3.63, 3.8) is 0 Å². The molecular formula is C9H14N2OS. The van der Waals surface area contributed by atoms with Crippen molar-refractivity contribution in [3.05, 3.63) is 16.6 Å². The molecular weight excluding hydrogens is 184 g/mol. The van der Waals surface area contributed by atoms with Gasteiger partial charge in [0.1, 0.15) is 5.01 Å². The van der Waals surface area contributed by atoms with Gasteiger partial charge in [0.25, 0.3) is 0 Å². The molecule has 1 aromatic rings. The zero-order valence-electron chi connectivity index (χ0n) is 7.69. The molecule has 0 aromatic carbocycles. The molecule has 2 heterocycles. The minimum Gasteiger partial charge on any atom is -0.381 e. The molecule has 0 spiro atoms. The van der Waals surface area contributed by atoms with Crippen LogP contribution in [0.25, 0.3) is 0 Å². The lowest BCUT2D eigenvalue weighted by atomic mass is 9.83. The largest absolute Gasteiger partial charge is 0.381 e. The van der Waals surface area contributed by atoms with Crippen molar-refractivity contribution in [1.29, 1.82) is 0 Å². The van der Waals surface area contributed by atoms with E-state index in [0.29, 0.717) is 5.92 Å². The van der Waals surface area contributed by atoms with Gasteiger partial charge < -0.3 is 10.5 Å². The van der Waals surface area contributed by atoms with Crippen molar-refractivity contribution in [2.45, 2.75) is 18.9 Å². The van der Waals surface area contributed by atoms with E-state index in [2.05, 4.69) is 11.9 Å². The fourth-order valence-corrected chi connectivity index (χ4v) is 2.56. The summed E-state index contributed by atoms with van der Waals surface area (Å²) in [7, 11) is 0. The lowest BCUT2D eigenvalue weighted by molar-refractivity contribution is 0.00760. The lowest BCUT2D eigenvalue weighted by Crippen LogP contribution is -2.48. The van der Waals surface area contributed by atoms with Crippen molar-refractivity contribution in [2.24, 2.45) is 11.7 Å². The normalized spacial score (nSPS) is 34.8. The van der Waals surface area contributed by atoms with E-state index in [1.54, 1.807) is 11.3 Å². The molecule has 72 valence electrons. The minimum absolute atomic E-state index is 0.258. The minimum atomic E-state index is -0.258. The average molecular weight is 198 g/mol. The second kappa shape index (κ2) is 3.36. The van der Waals surface area contributed by atoms with Crippen LogP contribution < -0.4 is 5.73 Å².